The lowest BCUT2D eigenvalue weighted by Gasteiger charge is -2.43. The van der Waals surface area contributed by atoms with Crippen LogP contribution in [0.25, 0.3) is 0 Å². The molecule has 1 saturated heterocycles. The number of primary amides is 1. The summed E-state index contributed by atoms with van der Waals surface area (Å²) in [6, 6.07) is 5.89. The third kappa shape index (κ3) is 4.78. The first kappa shape index (κ1) is 26.9. The Morgan fingerprint density at radius 3 is 2.35 bits per heavy atom. The van der Waals surface area contributed by atoms with Crippen LogP contribution in [0.15, 0.2) is 41.3 Å². The van der Waals surface area contributed by atoms with E-state index in [1.165, 1.54) is 24.1 Å². The van der Waals surface area contributed by atoms with E-state index in [1.807, 2.05) is 0 Å². The fourth-order valence-electron chi connectivity index (χ4n) is 5.37. The summed E-state index contributed by atoms with van der Waals surface area (Å²) in [7, 11) is -2.40. The Morgan fingerprint density at radius 1 is 1.16 bits per heavy atom. The zero-order chi connectivity index (χ0) is 27.3. The Labute approximate surface area is 211 Å². The average Bonchev–Trinajstić information content (AvgIpc) is 3.55. The molecule has 1 aliphatic heterocycles. The molecule has 0 bridgehead atoms. The molecule has 2 N–H and O–H groups in total. The molecule has 12 heteroatoms. The largest absolute Gasteiger partial charge is 0.496 e. The van der Waals surface area contributed by atoms with Gasteiger partial charge in [0.1, 0.15) is 17.1 Å². The maximum absolute atomic E-state index is 15.2. The summed E-state index contributed by atoms with van der Waals surface area (Å²) >= 11 is 0. The molecule has 2 aromatic rings. The first-order chi connectivity index (χ1) is 17.2. The SMILES string of the molecule is COc1ccc(S(C)(=O)=O)cc1C(=O)N1CCC[C@@]1(C(N)=O)[C@@H](c1ccc(C(F)(F)F)cc1F)C1CC1. The minimum atomic E-state index is -4.76. The predicted molar refractivity (Wildman–Crippen MR) is 125 cm³/mol. The second-order valence-electron chi connectivity index (χ2n) is 9.53. The number of nitrogens with two attached hydrogens (primary N) is 1. The Kier molecular flexibility index (Phi) is 6.76. The quantitative estimate of drug-likeness (QED) is 0.534. The number of alkyl halides is 3. The van der Waals surface area contributed by atoms with E-state index in [0.29, 0.717) is 25.3 Å². The maximum Gasteiger partial charge on any atom is 0.416 e. The van der Waals surface area contributed by atoms with E-state index in [1.54, 1.807) is 0 Å². The van der Waals surface area contributed by atoms with E-state index < -0.39 is 50.7 Å². The molecule has 1 saturated carbocycles. The van der Waals surface area contributed by atoms with Gasteiger partial charge >= 0.3 is 6.18 Å². The van der Waals surface area contributed by atoms with E-state index in [2.05, 4.69) is 0 Å². The summed E-state index contributed by atoms with van der Waals surface area (Å²) in [5.41, 5.74) is 2.76. The van der Waals surface area contributed by atoms with Crippen LogP contribution >= 0.6 is 0 Å². The van der Waals surface area contributed by atoms with Gasteiger partial charge in [0.2, 0.25) is 5.91 Å². The second-order valence-corrected chi connectivity index (χ2v) is 11.5. The number of carbonyl (C=O) groups excluding carboxylic acids is 2. The zero-order valence-electron chi connectivity index (χ0n) is 20.1. The smallest absolute Gasteiger partial charge is 0.416 e. The normalized spacial score (nSPS) is 21.1. The van der Waals surface area contributed by atoms with Gasteiger partial charge in [-0.3, -0.25) is 9.59 Å². The minimum Gasteiger partial charge on any atom is -0.496 e. The van der Waals surface area contributed by atoms with Crippen molar-refractivity contribution >= 4 is 21.7 Å². The average molecular weight is 543 g/mol. The molecule has 2 atom stereocenters. The molecule has 2 fully saturated rings. The lowest BCUT2D eigenvalue weighted by Crippen LogP contribution is -2.60. The number of sulfone groups is 1. The molecule has 2 amide bonds. The van der Waals surface area contributed by atoms with Crippen molar-refractivity contribution in [2.75, 3.05) is 19.9 Å². The fourth-order valence-corrected chi connectivity index (χ4v) is 6.02. The van der Waals surface area contributed by atoms with Crippen molar-refractivity contribution in [2.24, 2.45) is 11.7 Å². The molecule has 1 aliphatic carbocycles. The molecule has 2 aliphatic rings. The van der Waals surface area contributed by atoms with Gasteiger partial charge in [-0.2, -0.15) is 13.2 Å². The van der Waals surface area contributed by atoms with Crippen molar-refractivity contribution in [2.45, 2.75) is 48.2 Å². The summed E-state index contributed by atoms with van der Waals surface area (Å²) < 4.78 is 84.3. The molecule has 37 heavy (non-hydrogen) atoms. The van der Waals surface area contributed by atoms with Crippen LogP contribution in [0.4, 0.5) is 17.6 Å². The number of benzene rings is 2. The lowest BCUT2D eigenvalue weighted by atomic mass is 9.73. The van der Waals surface area contributed by atoms with Gasteiger partial charge in [-0.1, -0.05) is 6.07 Å². The van der Waals surface area contributed by atoms with Crippen LogP contribution in [0.2, 0.25) is 0 Å². The Balaban J connectivity index is 1.86. The molecular weight excluding hydrogens is 516 g/mol. The van der Waals surface area contributed by atoms with Crippen LogP contribution in [0, 0.1) is 11.7 Å². The number of hydrogen-bond acceptors (Lipinski definition) is 5. The van der Waals surface area contributed by atoms with E-state index >= 15 is 4.39 Å². The van der Waals surface area contributed by atoms with Gasteiger partial charge in [-0.15, -0.1) is 0 Å². The maximum atomic E-state index is 15.2. The van der Waals surface area contributed by atoms with Crippen molar-refractivity contribution in [1.82, 2.24) is 4.90 Å². The number of methoxy groups -OCH3 is 1. The van der Waals surface area contributed by atoms with Crippen LogP contribution in [-0.4, -0.2) is 50.6 Å². The number of nitrogens with zero attached hydrogens (tertiary/aromatic N) is 1. The van der Waals surface area contributed by atoms with E-state index in [0.717, 1.165) is 24.5 Å². The van der Waals surface area contributed by atoms with Gasteiger partial charge < -0.3 is 15.4 Å². The molecule has 7 nitrogen and oxygen atoms in total. The second kappa shape index (κ2) is 9.30. The number of halogens is 4. The minimum absolute atomic E-state index is 0.0551. The van der Waals surface area contributed by atoms with Crippen molar-refractivity contribution in [3.8, 4) is 5.75 Å². The number of rotatable bonds is 7. The van der Waals surface area contributed by atoms with Crippen LogP contribution in [-0.2, 0) is 20.8 Å². The van der Waals surface area contributed by atoms with E-state index in [4.69, 9.17) is 10.5 Å². The van der Waals surface area contributed by atoms with Gasteiger partial charge in [0.05, 0.1) is 23.1 Å². The summed E-state index contributed by atoms with van der Waals surface area (Å²) in [6.45, 7) is 0.0551. The summed E-state index contributed by atoms with van der Waals surface area (Å²) in [6.07, 6.45) is -2.22. The van der Waals surface area contributed by atoms with Crippen LogP contribution < -0.4 is 10.5 Å². The van der Waals surface area contributed by atoms with E-state index in [9.17, 15) is 31.2 Å². The lowest BCUT2D eigenvalue weighted by molar-refractivity contribution is -0.138. The molecule has 0 spiro atoms. The van der Waals surface area contributed by atoms with Crippen molar-refractivity contribution in [3.05, 3.63) is 58.9 Å². The van der Waals surface area contributed by atoms with Crippen LogP contribution in [0.3, 0.4) is 0 Å². The Bertz CT molecular complexity index is 1360. The standard InChI is InChI=1S/C25H26F4N2O5S/c1-36-20-9-7-16(37(2,34)35)13-18(20)22(32)31-11-3-10-24(31,23(30)33)21(14-4-5-14)17-8-6-15(12-19(17)26)25(27,28)29/h6-9,12-14,21H,3-5,10-11H2,1-2H3,(H2,30,33)/t21-,24+/m1/s1. The third-order valence-corrected chi connectivity index (χ3v) is 8.30. The Morgan fingerprint density at radius 2 is 1.84 bits per heavy atom. The summed E-state index contributed by atoms with van der Waals surface area (Å²) in [4.78, 5) is 28.1. The number of hydrogen-bond donors (Lipinski definition) is 1. The fraction of sp³-hybridized carbons (Fsp3) is 0.440. The highest BCUT2D eigenvalue weighted by Crippen LogP contribution is 2.54. The van der Waals surface area contributed by atoms with Crippen LogP contribution in [0.1, 0.15) is 53.1 Å². The molecule has 0 unspecified atom stereocenters. The topological polar surface area (TPSA) is 107 Å². The highest BCUT2D eigenvalue weighted by molar-refractivity contribution is 7.90. The molecule has 4 rings (SSSR count). The highest BCUT2D eigenvalue weighted by atomic mass is 32.2. The summed E-state index contributed by atoms with van der Waals surface area (Å²) in [5, 5.41) is 0. The number of amides is 2. The van der Waals surface area contributed by atoms with Crippen molar-refractivity contribution in [1.29, 1.82) is 0 Å². The Hall–Kier alpha value is -3.15. The van der Waals surface area contributed by atoms with Gasteiger partial charge in [0.25, 0.3) is 5.91 Å². The van der Waals surface area contributed by atoms with Crippen molar-refractivity contribution < 1.29 is 40.3 Å². The molecule has 0 radical (unpaired) electrons. The molecule has 200 valence electrons. The highest BCUT2D eigenvalue weighted by Gasteiger charge is 2.59. The molecular formula is C25H26F4N2O5S. The first-order valence-electron chi connectivity index (χ1n) is 11.6. The molecule has 0 aromatic heterocycles. The zero-order valence-corrected chi connectivity index (χ0v) is 21.0. The third-order valence-electron chi connectivity index (χ3n) is 7.19. The number of ether oxygens (including phenoxy) is 1. The van der Waals surface area contributed by atoms with Gasteiger partial charge in [-0.05, 0) is 67.5 Å². The van der Waals surface area contributed by atoms with Gasteiger partial charge in [0, 0.05) is 18.7 Å². The molecule has 1 heterocycles. The number of likely N-dealkylation sites (tertiary alicyclic amines) is 1. The first-order valence-corrected chi connectivity index (χ1v) is 13.5. The van der Waals surface area contributed by atoms with Gasteiger partial charge in [0.15, 0.2) is 9.84 Å². The molecule has 2 aromatic carbocycles. The monoisotopic (exact) mass is 542 g/mol. The van der Waals surface area contributed by atoms with E-state index in [-0.39, 0.29) is 40.7 Å². The van der Waals surface area contributed by atoms with Crippen molar-refractivity contribution in [3.63, 3.8) is 0 Å². The van der Waals surface area contributed by atoms with Crippen LogP contribution in [0.5, 0.6) is 5.75 Å². The number of carbonyl (C=O) groups is 2. The predicted octanol–water partition coefficient (Wildman–Crippen LogP) is 3.91. The van der Waals surface area contributed by atoms with Gasteiger partial charge in [-0.25, -0.2) is 12.8 Å². The summed E-state index contributed by atoms with van der Waals surface area (Å²) in [5.74, 6) is -3.99.